The molecule has 0 aliphatic carbocycles. The molecule has 7 N–H and O–H groups in total. The molecule has 0 saturated heterocycles. The van der Waals surface area contributed by atoms with Crippen molar-refractivity contribution in [3.8, 4) is 5.75 Å². The van der Waals surface area contributed by atoms with Crippen molar-refractivity contribution >= 4 is 73.8 Å². The summed E-state index contributed by atoms with van der Waals surface area (Å²) in [7, 11) is -4.82. The lowest BCUT2D eigenvalue weighted by molar-refractivity contribution is -0.274. The molecular weight excluding hydrogens is 969 g/mol. The molecule has 2 amide bonds. The van der Waals surface area contributed by atoms with Gasteiger partial charge in [-0.05, 0) is 79.8 Å². The largest absolute Gasteiger partial charge is 0.573 e. The molecule has 71 heavy (non-hydrogen) atoms. The minimum absolute atomic E-state index is 0.117. The van der Waals surface area contributed by atoms with Gasteiger partial charge in [-0.2, -0.15) is 0 Å². The molecule has 4 aromatic rings. The number of halogens is 4. The Balaban J connectivity index is 1.54. The number of carboxylic acid groups (broad SMARTS) is 3. The lowest BCUT2D eigenvalue weighted by Crippen LogP contribution is -2.47. The van der Waals surface area contributed by atoms with Crippen LogP contribution in [0.1, 0.15) is 69.4 Å². The van der Waals surface area contributed by atoms with Gasteiger partial charge in [0.1, 0.15) is 17.3 Å². The predicted octanol–water partition coefficient (Wildman–Crippen LogP) is 4.46. The number of nitrogens with one attached hydrogen (secondary N) is 4. The Kier molecular flexibility index (Phi) is 20.2. The molecule has 3 aromatic carbocycles. The van der Waals surface area contributed by atoms with Crippen LogP contribution in [0.2, 0.25) is 0 Å². The highest BCUT2D eigenvalue weighted by Crippen LogP contribution is 2.26. The Bertz CT molecular complexity index is 2730. The standard InChI is InChI=1S/C47H50F4N4O15S/c1-26(56)28(9-15-42(60)61)21-40(58)38(20-31-24-52-37-8-3-2-7-36(31)37)54-46(67)30(17-27-5-4-6-32(48)18-27)19-33(57)25-53-45(66)29(10-16-43(62)63)22-41(59)39(23-44(64)65)55-71(68,69)35-13-11-34(12-14-35)70-47(49,50)51/h2-8,11-14,18,24,28-30,38-39,52,55H,9-10,15-17,19-23,25H2,1H3,(H,53,66)(H,54,67)(H,60,61)(H,62,63)(H,64,65)/t28-,29-,30-,38+,39-/m1/s1. The number of aromatic amines is 1. The van der Waals surface area contributed by atoms with Crippen molar-refractivity contribution in [2.24, 2.45) is 17.8 Å². The average molecular weight is 1020 g/mol. The third kappa shape index (κ3) is 18.5. The zero-order chi connectivity index (χ0) is 52.6. The second kappa shape index (κ2) is 25.5. The van der Waals surface area contributed by atoms with E-state index in [2.05, 4.69) is 20.4 Å². The van der Waals surface area contributed by atoms with Crippen molar-refractivity contribution in [2.75, 3.05) is 6.54 Å². The number of aromatic nitrogens is 1. The summed E-state index contributed by atoms with van der Waals surface area (Å²) in [6.07, 6.45) is -9.04. The molecule has 19 nitrogen and oxygen atoms in total. The number of benzene rings is 3. The lowest BCUT2D eigenvalue weighted by Gasteiger charge is -2.24. The number of ether oxygens (including phenoxy) is 1. The molecule has 0 bridgehead atoms. The van der Waals surface area contributed by atoms with E-state index in [-0.39, 0.29) is 24.8 Å². The fourth-order valence-corrected chi connectivity index (χ4v) is 8.77. The second-order valence-electron chi connectivity index (χ2n) is 16.6. The summed E-state index contributed by atoms with van der Waals surface area (Å²) in [6, 6.07) is 11.3. The fourth-order valence-electron chi connectivity index (χ4n) is 7.55. The molecule has 1 aromatic heterocycles. The topological polar surface area (TPSA) is 310 Å². The molecule has 0 radical (unpaired) electrons. The molecule has 5 atom stereocenters. The van der Waals surface area contributed by atoms with Crippen LogP contribution in [-0.2, 0) is 66.0 Å². The van der Waals surface area contributed by atoms with Gasteiger partial charge in [0, 0.05) is 73.4 Å². The number of hydrogen-bond acceptors (Lipinski definition) is 12. The van der Waals surface area contributed by atoms with Crippen molar-refractivity contribution in [3.63, 3.8) is 0 Å². The third-order valence-corrected chi connectivity index (χ3v) is 12.7. The zero-order valence-corrected chi connectivity index (χ0v) is 38.6. The van der Waals surface area contributed by atoms with Crippen molar-refractivity contribution < 1.29 is 89.2 Å². The number of carbonyl (C=O) groups excluding carboxylic acids is 6. The number of ketones is 4. The smallest absolute Gasteiger partial charge is 0.481 e. The summed E-state index contributed by atoms with van der Waals surface area (Å²) in [6.45, 7) is 0.360. The number of Topliss-reactive ketones (excluding diaryl/α,β-unsaturated/α-hetero) is 4. The van der Waals surface area contributed by atoms with Gasteiger partial charge in [0.15, 0.2) is 17.3 Å². The molecule has 1 heterocycles. The molecule has 24 heteroatoms. The first-order valence-corrected chi connectivity index (χ1v) is 23.3. The Hall–Kier alpha value is -7.34. The quantitative estimate of drug-likeness (QED) is 0.0355. The van der Waals surface area contributed by atoms with Crippen LogP contribution in [0, 0.1) is 23.6 Å². The van der Waals surface area contributed by atoms with Gasteiger partial charge in [-0.3, -0.25) is 43.2 Å². The van der Waals surface area contributed by atoms with Crippen LogP contribution >= 0.6 is 0 Å². The minimum Gasteiger partial charge on any atom is -0.481 e. The molecule has 4 rings (SSSR count). The molecule has 0 fully saturated rings. The van der Waals surface area contributed by atoms with Crippen LogP contribution in [0.4, 0.5) is 17.6 Å². The number of rotatable bonds is 30. The summed E-state index contributed by atoms with van der Waals surface area (Å²) in [4.78, 5) is 118. The fraction of sp³-hybridized carbons (Fsp3) is 0.383. The number of para-hydroxylation sites is 1. The highest BCUT2D eigenvalue weighted by atomic mass is 32.2. The maximum absolute atomic E-state index is 14.4. The second-order valence-corrected chi connectivity index (χ2v) is 18.3. The van der Waals surface area contributed by atoms with E-state index >= 15 is 0 Å². The van der Waals surface area contributed by atoms with E-state index < -0.39 is 167 Å². The van der Waals surface area contributed by atoms with Crippen molar-refractivity contribution in [1.29, 1.82) is 0 Å². The van der Waals surface area contributed by atoms with Gasteiger partial charge >= 0.3 is 24.3 Å². The van der Waals surface area contributed by atoms with Gasteiger partial charge in [0.25, 0.3) is 0 Å². The van der Waals surface area contributed by atoms with Crippen LogP contribution in [0.25, 0.3) is 10.9 Å². The lowest BCUT2D eigenvalue weighted by atomic mass is 9.88. The number of carboxylic acids is 3. The molecule has 382 valence electrons. The van der Waals surface area contributed by atoms with Gasteiger partial charge < -0.3 is 35.7 Å². The normalized spacial score (nSPS) is 13.8. The van der Waals surface area contributed by atoms with E-state index in [1.165, 1.54) is 19.1 Å². The molecule has 0 aliphatic rings. The van der Waals surface area contributed by atoms with Gasteiger partial charge in [-0.1, -0.05) is 30.3 Å². The van der Waals surface area contributed by atoms with Crippen LogP contribution in [-0.4, -0.2) is 107 Å². The first kappa shape index (κ1) is 56.2. The molecule has 0 aliphatic heterocycles. The Morgan fingerprint density at radius 3 is 1.93 bits per heavy atom. The summed E-state index contributed by atoms with van der Waals surface area (Å²) in [5.41, 5.74) is 1.53. The average Bonchev–Trinajstić information content (AvgIpc) is 3.69. The molecule has 0 spiro atoms. The monoisotopic (exact) mass is 1020 g/mol. The molecule has 0 unspecified atom stereocenters. The van der Waals surface area contributed by atoms with Crippen molar-refractivity contribution in [2.45, 2.75) is 94.5 Å². The van der Waals surface area contributed by atoms with Crippen molar-refractivity contribution in [1.82, 2.24) is 20.3 Å². The highest BCUT2D eigenvalue weighted by Gasteiger charge is 2.35. The predicted molar refractivity (Wildman–Crippen MR) is 240 cm³/mol. The van der Waals surface area contributed by atoms with Crippen LogP contribution in [0.15, 0.2) is 83.9 Å². The number of alkyl halides is 3. The third-order valence-electron chi connectivity index (χ3n) is 11.2. The summed E-state index contributed by atoms with van der Waals surface area (Å²) < 4.78 is 84.0. The summed E-state index contributed by atoms with van der Waals surface area (Å²) >= 11 is 0. The number of sulfonamides is 1. The maximum Gasteiger partial charge on any atom is 0.573 e. The van der Waals surface area contributed by atoms with E-state index in [0.717, 1.165) is 12.1 Å². The Labute approximate surface area is 402 Å². The van der Waals surface area contributed by atoms with E-state index in [1.54, 1.807) is 30.5 Å². The van der Waals surface area contributed by atoms with Gasteiger partial charge in [-0.25, -0.2) is 17.5 Å². The molecular formula is C47H50F4N4O15S. The first-order valence-electron chi connectivity index (χ1n) is 21.8. The Morgan fingerprint density at radius 1 is 0.704 bits per heavy atom. The first-order chi connectivity index (χ1) is 33.3. The van der Waals surface area contributed by atoms with Crippen LogP contribution in [0.3, 0.4) is 0 Å². The number of H-pyrrole nitrogens is 1. The zero-order valence-electron chi connectivity index (χ0n) is 37.8. The van der Waals surface area contributed by atoms with Crippen molar-refractivity contribution in [3.05, 3.63) is 95.9 Å². The Morgan fingerprint density at radius 2 is 1.32 bits per heavy atom. The molecule has 0 saturated carbocycles. The summed E-state index contributed by atoms with van der Waals surface area (Å²) in [5, 5.41) is 33.7. The van der Waals surface area contributed by atoms with E-state index in [4.69, 9.17) is 0 Å². The van der Waals surface area contributed by atoms with Gasteiger partial charge in [-0.15, -0.1) is 13.2 Å². The van der Waals surface area contributed by atoms with E-state index in [9.17, 15) is 84.4 Å². The van der Waals surface area contributed by atoms with Crippen LogP contribution in [0.5, 0.6) is 5.75 Å². The van der Waals surface area contributed by atoms with E-state index in [1.807, 2.05) is 4.72 Å². The van der Waals surface area contributed by atoms with E-state index in [0.29, 0.717) is 40.7 Å². The maximum atomic E-state index is 14.4. The number of carbonyl (C=O) groups is 9. The number of hydrogen-bond donors (Lipinski definition) is 7. The number of fused-ring (bicyclic) bond motifs is 1. The number of aliphatic carboxylic acids is 3. The summed E-state index contributed by atoms with van der Waals surface area (Å²) in [5.74, 6) is -14.9. The SMILES string of the molecule is CC(=O)[C@H](CCC(=O)O)CC(=O)[C@H](Cc1c[nH]c2ccccc12)NC(=O)[C@@H](CC(=O)CNC(=O)[C@H](CCC(=O)O)CC(=O)[C@@H](CC(=O)O)NS(=O)(=O)c1ccc(OC(F)(F)F)cc1)Cc1cccc(F)c1. The highest BCUT2D eigenvalue weighted by molar-refractivity contribution is 7.89. The van der Waals surface area contributed by atoms with Gasteiger partial charge in [0.05, 0.1) is 29.9 Å². The van der Waals surface area contributed by atoms with Crippen LogP contribution < -0.4 is 20.1 Å². The minimum atomic E-state index is -5.11. The number of amides is 2. The van der Waals surface area contributed by atoms with Gasteiger partial charge in [0.2, 0.25) is 21.8 Å².